The van der Waals surface area contributed by atoms with Gasteiger partial charge >= 0.3 is 0 Å². The van der Waals surface area contributed by atoms with Crippen LogP contribution >= 0.6 is 0 Å². The van der Waals surface area contributed by atoms with E-state index in [0.29, 0.717) is 5.95 Å². The molecule has 54 heavy (non-hydrogen) atoms. The Hall–Kier alpha value is -6.78. The summed E-state index contributed by atoms with van der Waals surface area (Å²) in [5.41, 5.74) is 15.3. The van der Waals surface area contributed by atoms with E-state index < -0.39 is 0 Å². The van der Waals surface area contributed by atoms with Crippen LogP contribution in [-0.4, -0.2) is 9.97 Å². The molecule has 1 aromatic heterocycles. The van der Waals surface area contributed by atoms with Crippen LogP contribution in [0, 0.1) is 0 Å². The topological polar surface area (TPSA) is 32.3 Å². The van der Waals surface area contributed by atoms with Crippen LogP contribution in [0.2, 0.25) is 0 Å². The second-order valence-corrected chi connectivity index (χ2v) is 13.7. The zero-order valence-corrected chi connectivity index (χ0v) is 30.5. The Labute approximate surface area is 317 Å². The summed E-state index contributed by atoms with van der Waals surface area (Å²) in [7, 11) is 0. The fourth-order valence-corrected chi connectivity index (χ4v) is 7.80. The number of hydrogen-bond donors (Lipinski definition) is 0. The molecule has 3 aliphatic rings. The van der Waals surface area contributed by atoms with E-state index in [-0.39, 0.29) is 5.92 Å². The third-order valence-electron chi connectivity index (χ3n) is 10.5. The Morgan fingerprint density at radius 1 is 0.593 bits per heavy atom. The number of rotatable bonds is 5. The average molecular weight is 697 g/mol. The number of allylic oxidation sites excluding steroid dienone is 7. The number of anilines is 5. The number of aromatic nitrogens is 2. The minimum Gasteiger partial charge on any atom is -0.310 e. The van der Waals surface area contributed by atoms with Crippen molar-refractivity contribution in [1.29, 1.82) is 0 Å². The second-order valence-electron chi connectivity index (χ2n) is 13.7. The smallest absolute Gasteiger partial charge is 0.235 e. The van der Waals surface area contributed by atoms with Gasteiger partial charge in [0.1, 0.15) is 0 Å². The van der Waals surface area contributed by atoms with Crippen molar-refractivity contribution in [3.05, 3.63) is 204 Å². The van der Waals surface area contributed by atoms with Crippen LogP contribution in [0.4, 0.5) is 28.7 Å². The van der Waals surface area contributed by atoms with Crippen molar-refractivity contribution in [3.63, 3.8) is 0 Å². The Balaban J connectivity index is 1.23. The van der Waals surface area contributed by atoms with Crippen LogP contribution in [-0.2, 0) is 0 Å². The Bertz CT molecular complexity index is 2550. The number of hydrogen-bond acceptors (Lipinski definition) is 4. The standard InChI is InChI=1S/C50H40N4/c1-3-35-27-28-40-33-39(30-32-48(40)53(46(35)4-2)41-22-12-7-13-23-41)42-24-16-26-49-43(42)31-29-38-21-14-15-25-47(38)54(49)50-51-44(36-17-8-5-9-18-36)34-45(52-50)37-19-10-6-11-20-37/h3-19,21-34,37H,20H2,1-2H3/b35-3-,46-4+/t37-/m0/s1. The van der Waals surface area contributed by atoms with Gasteiger partial charge in [0.25, 0.3) is 0 Å². The van der Waals surface area contributed by atoms with E-state index in [0.717, 1.165) is 79.6 Å². The predicted octanol–water partition coefficient (Wildman–Crippen LogP) is 13.4. The Morgan fingerprint density at radius 3 is 2.15 bits per heavy atom. The minimum atomic E-state index is 0.166. The molecule has 5 aromatic carbocycles. The van der Waals surface area contributed by atoms with Crippen LogP contribution in [0.15, 0.2) is 181 Å². The highest BCUT2D eigenvalue weighted by molar-refractivity contribution is 5.98. The molecule has 0 N–H and O–H groups in total. The average Bonchev–Trinajstić information content (AvgIpc) is 3.52. The first-order valence-electron chi connectivity index (χ1n) is 18.7. The minimum absolute atomic E-state index is 0.166. The monoisotopic (exact) mass is 696 g/mol. The summed E-state index contributed by atoms with van der Waals surface area (Å²) in [6.07, 6.45) is 23.0. The van der Waals surface area contributed by atoms with Crippen LogP contribution in [0.25, 0.3) is 40.6 Å². The molecule has 0 bridgehead atoms. The zero-order valence-electron chi connectivity index (χ0n) is 30.5. The highest BCUT2D eigenvalue weighted by Crippen LogP contribution is 2.46. The molecule has 4 heteroatoms. The molecule has 3 heterocycles. The summed E-state index contributed by atoms with van der Waals surface area (Å²) in [4.78, 5) is 15.3. The lowest BCUT2D eigenvalue weighted by Gasteiger charge is -2.29. The molecular formula is C50H40N4. The normalized spacial score (nSPS) is 17.3. The summed E-state index contributed by atoms with van der Waals surface area (Å²) in [6, 6.07) is 45.2. The summed E-state index contributed by atoms with van der Waals surface area (Å²) >= 11 is 0. The summed E-state index contributed by atoms with van der Waals surface area (Å²) in [6.45, 7) is 4.22. The van der Waals surface area contributed by atoms with Gasteiger partial charge in [-0.05, 0) is 90.6 Å². The SMILES string of the molecule is C/C=C1/C=Cc2cc(-c3cccc4c3C=Cc3ccccc3N4c3nc(-c4ccccc4)cc([C@H]4C=CC=CC4)n3)ccc2N(c2ccccc2)/C1=C/C. The Morgan fingerprint density at radius 2 is 1.35 bits per heavy atom. The molecule has 1 aliphatic carbocycles. The number of benzene rings is 5. The van der Waals surface area contributed by atoms with E-state index in [1.54, 1.807) is 0 Å². The fourth-order valence-electron chi connectivity index (χ4n) is 7.80. The molecule has 0 unspecified atom stereocenters. The highest BCUT2D eigenvalue weighted by Gasteiger charge is 2.27. The largest absolute Gasteiger partial charge is 0.310 e. The van der Waals surface area contributed by atoms with E-state index in [2.05, 4.69) is 206 Å². The zero-order chi connectivity index (χ0) is 36.4. The molecule has 0 fully saturated rings. The van der Waals surface area contributed by atoms with Crippen molar-refractivity contribution in [2.45, 2.75) is 26.2 Å². The van der Waals surface area contributed by atoms with Crippen molar-refractivity contribution in [2.75, 3.05) is 9.80 Å². The molecular weight excluding hydrogens is 657 g/mol. The van der Waals surface area contributed by atoms with Gasteiger partial charge in [0.2, 0.25) is 5.95 Å². The van der Waals surface area contributed by atoms with Crippen molar-refractivity contribution in [3.8, 4) is 22.4 Å². The maximum Gasteiger partial charge on any atom is 0.235 e. The Kier molecular flexibility index (Phi) is 8.78. The summed E-state index contributed by atoms with van der Waals surface area (Å²) < 4.78 is 0. The van der Waals surface area contributed by atoms with Gasteiger partial charge in [0, 0.05) is 28.4 Å². The van der Waals surface area contributed by atoms with Crippen molar-refractivity contribution in [2.24, 2.45) is 0 Å². The molecule has 6 aromatic rings. The lowest BCUT2D eigenvalue weighted by molar-refractivity contribution is 0.807. The van der Waals surface area contributed by atoms with Gasteiger partial charge in [-0.15, -0.1) is 0 Å². The van der Waals surface area contributed by atoms with Gasteiger partial charge in [-0.25, -0.2) is 9.97 Å². The maximum atomic E-state index is 5.36. The molecule has 0 amide bonds. The van der Waals surface area contributed by atoms with Gasteiger partial charge in [0.15, 0.2) is 0 Å². The lowest BCUT2D eigenvalue weighted by Crippen LogP contribution is -2.17. The number of para-hydroxylation sites is 2. The van der Waals surface area contributed by atoms with Gasteiger partial charge in [-0.3, -0.25) is 4.90 Å². The molecule has 0 radical (unpaired) electrons. The van der Waals surface area contributed by atoms with E-state index in [9.17, 15) is 0 Å². The van der Waals surface area contributed by atoms with Crippen LogP contribution in [0.1, 0.15) is 48.6 Å². The molecule has 4 nitrogen and oxygen atoms in total. The predicted molar refractivity (Wildman–Crippen MR) is 227 cm³/mol. The number of nitrogens with zero attached hydrogens (tertiary/aromatic N) is 4. The summed E-state index contributed by atoms with van der Waals surface area (Å²) in [5, 5.41) is 0. The van der Waals surface area contributed by atoms with E-state index in [1.807, 2.05) is 6.07 Å². The molecule has 0 saturated heterocycles. The summed E-state index contributed by atoms with van der Waals surface area (Å²) in [5.74, 6) is 0.824. The van der Waals surface area contributed by atoms with Crippen LogP contribution in [0.3, 0.4) is 0 Å². The first kappa shape index (κ1) is 33.1. The molecule has 260 valence electrons. The first-order valence-corrected chi connectivity index (χ1v) is 18.7. The molecule has 0 saturated carbocycles. The maximum absolute atomic E-state index is 5.36. The van der Waals surface area contributed by atoms with Gasteiger partial charge in [-0.1, -0.05) is 146 Å². The van der Waals surface area contributed by atoms with Gasteiger partial charge in [-0.2, -0.15) is 0 Å². The molecule has 1 atom stereocenters. The number of fused-ring (bicyclic) bond motifs is 3. The van der Waals surface area contributed by atoms with Gasteiger partial charge in [0.05, 0.1) is 28.5 Å². The van der Waals surface area contributed by atoms with E-state index in [4.69, 9.17) is 9.97 Å². The quantitative estimate of drug-likeness (QED) is 0.179. The van der Waals surface area contributed by atoms with Crippen LogP contribution < -0.4 is 9.80 Å². The van der Waals surface area contributed by atoms with Crippen LogP contribution in [0.5, 0.6) is 0 Å². The molecule has 9 rings (SSSR count). The highest BCUT2D eigenvalue weighted by atomic mass is 15.3. The van der Waals surface area contributed by atoms with Crippen molar-refractivity contribution in [1.82, 2.24) is 9.97 Å². The van der Waals surface area contributed by atoms with E-state index >= 15 is 0 Å². The lowest BCUT2D eigenvalue weighted by atomic mass is 9.95. The van der Waals surface area contributed by atoms with E-state index in [1.165, 1.54) is 5.57 Å². The molecule has 2 aliphatic heterocycles. The second kappa shape index (κ2) is 14.3. The van der Waals surface area contributed by atoms with Crippen molar-refractivity contribution >= 4 is 46.9 Å². The third-order valence-corrected chi connectivity index (χ3v) is 10.5. The molecule has 0 spiro atoms. The first-order chi connectivity index (χ1) is 26.7. The third kappa shape index (κ3) is 6.02. The van der Waals surface area contributed by atoms with Crippen molar-refractivity contribution < 1.29 is 0 Å². The fraction of sp³-hybridized carbons (Fsp3) is 0.0800. The van der Waals surface area contributed by atoms with Gasteiger partial charge < -0.3 is 4.90 Å².